The smallest absolute Gasteiger partial charge is 0.222 e. The lowest BCUT2D eigenvalue weighted by Gasteiger charge is -2.27. The molecule has 1 saturated heterocycles. The van der Waals surface area contributed by atoms with Gasteiger partial charge in [-0.1, -0.05) is 0 Å². The van der Waals surface area contributed by atoms with E-state index >= 15 is 0 Å². The van der Waals surface area contributed by atoms with Gasteiger partial charge in [-0.25, -0.2) is 0 Å². The first-order chi connectivity index (χ1) is 5.24. The fraction of sp³-hybridized carbons (Fsp3) is 0.857. The quantitative estimate of drug-likeness (QED) is 0.577. The maximum absolute atomic E-state index is 11.1. The van der Waals surface area contributed by atoms with Gasteiger partial charge >= 0.3 is 0 Å². The van der Waals surface area contributed by atoms with Crippen LogP contribution in [0.2, 0.25) is 0 Å². The summed E-state index contributed by atoms with van der Waals surface area (Å²) in [6.07, 6.45) is 1.71. The molecule has 1 amide bonds. The van der Waals surface area contributed by atoms with Crippen molar-refractivity contribution in [3.63, 3.8) is 0 Å². The van der Waals surface area contributed by atoms with E-state index in [9.17, 15) is 4.79 Å². The minimum absolute atomic E-state index is 0.239. The van der Waals surface area contributed by atoms with Gasteiger partial charge in [-0.05, 0) is 12.3 Å². The van der Waals surface area contributed by atoms with Gasteiger partial charge in [0.15, 0.2) is 0 Å². The third-order valence-electron chi connectivity index (χ3n) is 2.09. The second-order valence-electron chi connectivity index (χ2n) is 3.01. The first kappa shape index (κ1) is 8.95. The molecule has 1 fully saturated rings. The first-order valence-electron chi connectivity index (χ1n) is 3.79. The highest BCUT2D eigenvalue weighted by Crippen LogP contribution is 2.17. The van der Waals surface area contributed by atoms with E-state index in [1.54, 1.807) is 4.90 Å². The standard InChI is InChI=1S/C7H14NO2P/c1-8-3-2-6(5-10-11)4-7(8)9/h6H,2-5,11H2,1H3. The average molecular weight is 175 g/mol. The lowest BCUT2D eigenvalue weighted by molar-refractivity contribution is -0.133. The Balaban J connectivity index is 2.34. The molecule has 1 aliphatic rings. The largest absolute Gasteiger partial charge is 0.365 e. The lowest BCUT2D eigenvalue weighted by Crippen LogP contribution is -2.36. The molecule has 0 aromatic rings. The Morgan fingerprint density at radius 2 is 2.55 bits per heavy atom. The number of nitrogens with zero attached hydrogens (tertiary/aromatic N) is 1. The highest BCUT2D eigenvalue weighted by molar-refractivity contribution is 7.09. The maximum atomic E-state index is 11.1. The number of hydrogen-bond acceptors (Lipinski definition) is 2. The molecule has 0 aromatic heterocycles. The van der Waals surface area contributed by atoms with E-state index in [0.717, 1.165) is 13.0 Å². The molecule has 0 radical (unpaired) electrons. The minimum Gasteiger partial charge on any atom is -0.365 e. The summed E-state index contributed by atoms with van der Waals surface area (Å²) in [5.74, 6) is 0.666. The molecular formula is C7H14NO2P. The number of amides is 1. The minimum atomic E-state index is 0.239. The fourth-order valence-electron chi connectivity index (χ4n) is 1.28. The van der Waals surface area contributed by atoms with Crippen LogP contribution in [0, 0.1) is 5.92 Å². The Hall–Kier alpha value is -0.140. The van der Waals surface area contributed by atoms with Gasteiger partial charge in [0.25, 0.3) is 0 Å². The molecule has 1 heterocycles. The predicted molar refractivity (Wildman–Crippen MR) is 46.0 cm³/mol. The Morgan fingerprint density at radius 1 is 1.82 bits per heavy atom. The van der Waals surface area contributed by atoms with Gasteiger partial charge in [0.2, 0.25) is 5.91 Å². The SMILES string of the molecule is CN1CCC(COP)CC1=O. The molecule has 0 spiro atoms. The van der Waals surface area contributed by atoms with Crippen LogP contribution in [-0.4, -0.2) is 31.0 Å². The van der Waals surface area contributed by atoms with Crippen LogP contribution in [0.15, 0.2) is 0 Å². The van der Waals surface area contributed by atoms with E-state index in [0.29, 0.717) is 18.9 Å². The zero-order chi connectivity index (χ0) is 8.27. The van der Waals surface area contributed by atoms with Gasteiger partial charge in [0.1, 0.15) is 0 Å². The van der Waals surface area contributed by atoms with E-state index in [1.165, 1.54) is 0 Å². The second kappa shape index (κ2) is 4.03. The lowest BCUT2D eigenvalue weighted by atomic mass is 9.98. The van der Waals surface area contributed by atoms with Crippen LogP contribution in [0.25, 0.3) is 0 Å². The number of carbonyl (C=O) groups is 1. The van der Waals surface area contributed by atoms with Crippen molar-refractivity contribution >= 4 is 15.4 Å². The molecule has 1 aliphatic heterocycles. The number of rotatable bonds is 2. The molecule has 64 valence electrons. The maximum Gasteiger partial charge on any atom is 0.222 e. The first-order valence-corrected chi connectivity index (χ1v) is 4.27. The van der Waals surface area contributed by atoms with Crippen molar-refractivity contribution in [2.45, 2.75) is 12.8 Å². The predicted octanol–water partition coefficient (Wildman–Crippen LogP) is 0.661. The monoisotopic (exact) mass is 175 g/mol. The van der Waals surface area contributed by atoms with Crippen molar-refractivity contribution in [3.8, 4) is 0 Å². The second-order valence-corrected chi connectivity index (χ2v) is 3.34. The normalized spacial score (nSPS) is 25.8. The van der Waals surface area contributed by atoms with E-state index in [2.05, 4.69) is 9.47 Å². The molecular weight excluding hydrogens is 161 g/mol. The molecule has 0 N–H and O–H groups in total. The molecule has 1 rings (SSSR count). The summed E-state index contributed by atoms with van der Waals surface area (Å²) in [5.41, 5.74) is 0. The van der Waals surface area contributed by atoms with E-state index < -0.39 is 0 Å². The summed E-state index contributed by atoms with van der Waals surface area (Å²) in [6, 6.07) is 0. The Bertz CT molecular complexity index is 151. The van der Waals surface area contributed by atoms with Gasteiger partial charge in [-0.15, -0.1) is 0 Å². The van der Waals surface area contributed by atoms with E-state index in [-0.39, 0.29) is 5.91 Å². The van der Waals surface area contributed by atoms with Crippen molar-refractivity contribution in [2.75, 3.05) is 20.2 Å². The molecule has 11 heavy (non-hydrogen) atoms. The molecule has 4 heteroatoms. The van der Waals surface area contributed by atoms with Crippen LogP contribution in [0.5, 0.6) is 0 Å². The van der Waals surface area contributed by atoms with Gasteiger partial charge < -0.3 is 9.42 Å². The van der Waals surface area contributed by atoms with Crippen molar-refractivity contribution in [1.29, 1.82) is 0 Å². The highest BCUT2D eigenvalue weighted by atomic mass is 31.0. The molecule has 3 nitrogen and oxygen atoms in total. The summed E-state index contributed by atoms with van der Waals surface area (Å²) in [6.45, 7) is 1.56. The van der Waals surface area contributed by atoms with Crippen molar-refractivity contribution in [1.82, 2.24) is 4.90 Å². The third kappa shape index (κ3) is 2.42. The summed E-state index contributed by atoms with van der Waals surface area (Å²) in [5, 5.41) is 0. The summed E-state index contributed by atoms with van der Waals surface area (Å²) >= 11 is 0. The van der Waals surface area contributed by atoms with Crippen LogP contribution in [0.4, 0.5) is 0 Å². The van der Waals surface area contributed by atoms with E-state index in [1.807, 2.05) is 7.05 Å². The van der Waals surface area contributed by atoms with E-state index in [4.69, 9.17) is 4.52 Å². The summed E-state index contributed by atoms with van der Waals surface area (Å²) in [7, 11) is 4.07. The Kier molecular flexibility index (Phi) is 3.28. The van der Waals surface area contributed by atoms with Crippen molar-refractivity contribution < 1.29 is 9.32 Å². The highest BCUT2D eigenvalue weighted by Gasteiger charge is 2.22. The molecule has 0 bridgehead atoms. The summed E-state index contributed by atoms with van der Waals surface area (Å²) in [4.78, 5) is 12.9. The zero-order valence-corrected chi connectivity index (χ0v) is 7.90. The van der Waals surface area contributed by atoms with Crippen molar-refractivity contribution in [3.05, 3.63) is 0 Å². The number of likely N-dealkylation sites (tertiary alicyclic amines) is 1. The zero-order valence-electron chi connectivity index (χ0n) is 6.75. The van der Waals surface area contributed by atoms with Crippen LogP contribution < -0.4 is 0 Å². The Labute approximate surface area is 69.4 Å². The van der Waals surface area contributed by atoms with Crippen LogP contribution in [-0.2, 0) is 9.32 Å². The number of carbonyl (C=O) groups excluding carboxylic acids is 1. The molecule has 0 aromatic carbocycles. The number of piperidine rings is 1. The Morgan fingerprint density at radius 3 is 3.09 bits per heavy atom. The average Bonchev–Trinajstić information content (AvgIpc) is 1.98. The van der Waals surface area contributed by atoms with Crippen molar-refractivity contribution in [2.24, 2.45) is 5.92 Å². The van der Waals surface area contributed by atoms with Gasteiger partial charge in [0.05, 0.1) is 6.61 Å². The van der Waals surface area contributed by atoms with Crippen LogP contribution in [0.1, 0.15) is 12.8 Å². The summed E-state index contributed by atoms with van der Waals surface area (Å²) < 4.78 is 4.91. The van der Waals surface area contributed by atoms with Gasteiger partial charge in [0, 0.05) is 29.5 Å². The number of hydrogen-bond donors (Lipinski definition) is 0. The molecule has 2 atom stereocenters. The van der Waals surface area contributed by atoms with Gasteiger partial charge in [-0.2, -0.15) is 0 Å². The topological polar surface area (TPSA) is 29.5 Å². The molecule has 0 aliphatic carbocycles. The van der Waals surface area contributed by atoms with Gasteiger partial charge in [-0.3, -0.25) is 4.79 Å². The molecule has 2 unspecified atom stereocenters. The van der Waals surface area contributed by atoms with Crippen LogP contribution in [0.3, 0.4) is 0 Å². The molecule has 0 saturated carbocycles. The fourth-order valence-corrected chi connectivity index (χ4v) is 1.56. The van der Waals surface area contributed by atoms with Crippen LogP contribution >= 0.6 is 9.47 Å². The third-order valence-corrected chi connectivity index (χ3v) is 2.29.